The van der Waals surface area contributed by atoms with Crippen molar-refractivity contribution in [2.24, 2.45) is 0 Å². The molecule has 0 bridgehead atoms. The van der Waals surface area contributed by atoms with Crippen molar-refractivity contribution in [1.82, 2.24) is 0 Å². The van der Waals surface area contributed by atoms with Crippen molar-refractivity contribution in [3.8, 4) is 5.75 Å². The Bertz CT molecular complexity index is 417. The summed E-state index contributed by atoms with van der Waals surface area (Å²) in [6.45, 7) is 0.335. The fourth-order valence-electron chi connectivity index (χ4n) is 1.60. The summed E-state index contributed by atoms with van der Waals surface area (Å²) in [6, 6.07) is 4.66. The predicted octanol–water partition coefficient (Wildman–Crippen LogP) is 0.350. The lowest BCUT2D eigenvalue weighted by molar-refractivity contribution is -0.115. The summed E-state index contributed by atoms with van der Waals surface area (Å²) < 4.78 is 0. The van der Waals surface area contributed by atoms with Crippen molar-refractivity contribution >= 4 is 23.6 Å². The highest BCUT2D eigenvalue weighted by Gasteiger charge is 2.21. The van der Waals surface area contributed by atoms with Crippen LogP contribution in [-0.4, -0.2) is 30.4 Å². The van der Waals surface area contributed by atoms with E-state index in [1.165, 1.54) is 12.1 Å². The van der Waals surface area contributed by atoms with E-state index in [4.69, 9.17) is 0 Å². The topological polar surface area (TPSA) is 69.6 Å². The lowest BCUT2D eigenvalue weighted by Crippen LogP contribution is -2.39. The molecule has 0 fully saturated rings. The summed E-state index contributed by atoms with van der Waals surface area (Å²) in [6.07, 6.45) is 0.745. The number of hydrogen-bond acceptors (Lipinski definition) is 4. The largest absolute Gasteiger partial charge is 0.508 e. The van der Waals surface area contributed by atoms with Crippen LogP contribution in [0, 0.1) is 0 Å². The summed E-state index contributed by atoms with van der Waals surface area (Å²) in [5.41, 5.74) is 1.28. The van der Waals surface area contributed by atoms with Crippen molar-refractivity contribution in [1.29, 1.82) is 0 Å². The fraction of sp³-hybridized carbons (Fsp3) is 0.200. The molecule has 1 aromatic carbocycles. The van der Waals surface area contributed by atoms with Crippen LogP contribution in [0.5, 0.6) is 5.75 Å². The zero-order chi connectivity index (χ0) is 10.8. The number of benzene rings is 1. The Kier molecular flexibility index (Phi) is 2.29. The van der Waals surface area contributed by atoms with E-state index in [1.807, 2.05) is 0 Å². The van der Waals surface area contributed by atoms with E-state index in [-0.39, 0.29) is 24.7 Å². The van der Waals surface area contributed by atoms with E-state index in [1.54, 1.807) is 11.0 Å². The van der Waals surface area contributed by atoms with Gasteiger partial charge in [-0.05, 0) is 12.1 Å². The molecule has 1 aliphatic rings. The molecular weight excluding hydrogens is 196 g/mol. The predicted molar refractivity (Wildman–Crippen MR) is 55.0 cm³/mol. The molecule has 78 valence electrons. The van der Waals surface area contributed by atoms with Crippen LogP contribution in [0.25, 0.3) is 0 Å². The SMILES string of the molecule is O=CCN1CC(=O)Nc2cc(O)ccc21. The first kappa shape index (κ1) is 9.51. The van der Waals surface area contributed by atoms with Gasteiger partial charge in [0.05, 0.1) is 24.5 Å². The first-order valence-corrected chi connectivity index (χ1v) is 4.52. The van der Waals surface area contributed by atoms with E-state index >= 15 is 0 Å². The van der Waals surface area contributed by atoms with Crippen LogP contribution in [-0.2, 0) is 9.59 Å². The third-order valence-electron chi connectivity index (χ3n) is 2.22. The summed E-state index contributed by atoms with van der Waals surface area (Å²) in [4.78, 5) is 23.4. The summed E-state index contributed by atoms with van der Waals surface area (Å²) >= 11 is 0. The Morgan fingerprint density at radius 2 is 2.33 bits per heavy atom. The van der Waals surface area contributed by atoms with Gasteiger partial charge in [0.2, 0.25) is 5.91 Å². The van der Waals surface area contributed by atoms with Gasteiger partial charge in [-0.3, -0.25) is 4.79 Å². The van der Waals surface area contributed by atoms with Gasteiger partial charge in [-0.1, -0.05) is 0 Å². The molecule has 0 radical (unpaired) electrons. The molecule has 15 heavy (non-hydrogen) atoms. The number of nitrogens with one attached hydrogen (secondary N) is 1. The molecule has 1 aromatic rings. The molecule has 5 heteroatoms. The van der Waals surface area contributed by atoms with Crippen molar-refractivity contribution in [2.45, 2.75) is 0 Å². The van der Waals surface area contributed by atoms with E-state index in [9.17, 15) is 14.7 Å². The maximum absolute atomic E-state index is 11.3. The number of carbonyl (C=O) groups is 2. The number of anilines is 2. The molecule has 0 aliphatic carbocycles. The highest BCUT2D eigenvalue weighted by atomic mass is 16.3. The molecule has 5 nitrogen and oxygen atoms in total. The molecule has 0 aromatic heterocycles. The van der Waals surface area contributed by atoms with E-state index in [0.717, 1.165) is 12.0 Å². The number of aromatic hydroxyl groups is 1. The quantitative estimate of drug-likeness (QED) is 0.685. The first-order chi connectivity index (χ1) is 7.20. The Labute approximate surface area is 86.3 Å². The van der Waals surface area contributed by atoms with Gasteiger partial charge in [-0.15, -0.1) is 0 Å². The van der Waals surface area contributed by atoms with Gasteiger partial charge in [0, 0.05) is 6.07 Å². The van der Waals surface area contributed by atoms with Crippen LogP contribution in [0.1, 0.15) is 0 Å². The van der Waals surface area contributed by atoms with Gasteiger partial charge < -0.3 is 20.1 Å². The average Bonchev–Trinajstić information content (AvgIpc) is 2.17. The number of phenols is 1. The van der Waals surface area contributed by atoms with E-state index in [2.05, 4.69) is 5.32 Å². The molecule has 1 aliphatic heterocycles. The highest BCUT2D eigenvalue weighted by Crippen LogP contribution is 2.31. The lowest BCUT2D eigenvalue weighted by atomic mass is 10.2. The van der Waals surface area contributed by atoms with E-state index in [0.29, 0.717) is 5.69 Å². The third kappa shape index (κ3) is 1.76. The molecule has 1 amide bonds. The molecule has 0 saturated carbocycles. The molecule has 0 saturated heterocycles. The monoisotopic (exact) mass is 206 g/mol. The zero-order valence-corrected chi connectivity index (χ0v) is 7.93. The van der Waals surface area contributed by atoms with Crippen molar-refractivity contribution in [3.63, 3.8) is 0 Å². The number of carbonyl (C=O) groups excluding carboxylic acids is 2. The Morgan fingerprint density at radius 3 is 3.07 bits per heavy atom. The van der Waals surface area contributed by atoms with Crippen molar-refractivity contribution in [3.05, 3.63) is 18.2 Å². The summed E-state index contributed by atoms with van der Waals surface area (Å²) in [7, 11) is 0. The molecule has 0 spiro atoms. The number of hydrogen-bond donors (Lipinski definition) is 2. The minimum absolute atomic E-state index is 0.0852. The number of aldehydes is 1. The maximum Gasteiger partial charge on any atom is 0.243 e. The maximum atomic E-state index is 11.3. The van der Waals surface area contributed by atoms with Gasteiger partial charge in [0.15, 0.2) is 0 Å². The highest BCUT2D eigenvalue weighted by molar-refractivity contribution is 6.01. The standard InChI is InChI=1S/C10H10N2O3/c13-4-3-12-6-10(15)11-8-5-7(14)1-2-9(8)12/h1-2,4-5,14H,3,6H2,(H,11,15). The van der Waals surface area contributed by atoms with Crippen LogP contribution >= 0.6 is 0 Å². The first-order valence-electron chi connectivity index (χ1n) is 4.52. The van der Waals surface area contributed by atoms with Crippen LogP contribution in [0.2, 0.25) is 0 Å². The molecule has 2 rings (SSSR count). The van der Waals surface area contributed by atoms with Gasteiger partial charge >= 0.3 is 0 Å². The molecule has 2 N–H and O–H groups in total. The number of phenolic OH excluding ortho intramolecular Hbond substituents is 1. The van der Waals surface area contributed by atoms with Gasteiger partial charge in [-0.25, -0.2) is 0 Å². The molecule has 0 atom stereocenters. The Morgan fingerprint density at radius 1 is 1.53 bits per heavy atom. The smallest absolute Gasteiger partial charge is 0.243 e. The Hall–Kier alpha value is -2.04. The van der Waals surface area contributed by atoms with Gasteiger partial charge in [0.25, 0.3) is 0 Å². The number of rotatable bonds is 2. The van der Waals surface area contributed by atoms with Gasteiger partial charge in [0.1, 0.15) is 12.0 Å². The second-order valence-corrected chi connectivity index (χ2v) is 3.30. The fourth-order valence-corrected chi connectivity index (χ4v) is 1.60. The van der Waals surface area contributed by atoms with Crippen LogP contribution in [0.15, 0.2) is 18.2 Å². The molecular formula is C10H10N2O3. The number of nitrogens with zero attached hydrogens (tertiary/aromatic N) is 1. The lowest BCUT2D eigenvalue weighted by Gasteiger charge is -2.29. The molecule has 1 heterocycles. The third-order valence-corrected chi connectivity index (χ3v) is 2.22. The summed E-state index contributed by atoms with van der Waals surface area (Å²) in [5.74, 6) is -0.100. The van der Waals surface area contributed by atoms with Gasteiger partial charge in [-0.2, -0.15) is 0 Å². The normalized spacial score (nSPS) is 14.4. The number of amides is 1. The second kappa shape index (κ2) is 3.61. The van der Waals surface area contributed by atoms with Crippen LogP contribution < -0.4 is 10.2 Å². The average molecular weight is 206 g/mol. The van der Waals surface area contributed by atoms with Crippen LogP contribution in [0.4, 0.5) is 11.4 Å². The summed E-state index contributed by atoms with van der Waals surface area (Å²) in [5, 5.41) is 11.9. The van der Waals surface area contributed by atoms with Crippen LogP contribution in [0.3, 0.4) is 0 Å². The Balaban J connectivity index is 2.41. The minimum atomic E-state index is -0.185. The second-order valence-electron chi connectivity index (χ2n) is 3.30. The van der Waals surface area contributed by atoms with Crippen molar-refractivity contribution in [2.75, 3.05) is 23.3 Å². The minimum Gasteiger partial charge on any atom is -0.508 e. The van der Waals surface area contributed by atoms with Crippen molar-refractivity contribution < 1.29 is 14.7 Å². The number of fused-ring (bicyclic) bond motifs is 1. The zero-order valence-electron chi connectivity index (χ0n) is 7.93. The van der Waals surface area contributed by atoms with E-state index < -0.39 is 0 Å². The molecule has 0 unspecified atom stereocenters.